The summed E-state index contributed by atoms with van der Waals surface area (Å²) < 4.78 is 64.3. The topological polar surface area (TPSA) is 202 Å². The van der Waals surface area contributed by atoms with Crippen molar-refractivity contribution in [2.24, 2.45) is 41.4 Å². The Morgan fingerprint density at radius 3 is 1.63 bits per heavy atom. The van der Waals surface area contributed by atoms with Gasteiger partial charge in [0.15, 0.2) is 25.2 Å². The summed E-state index contributed by atoms with van der Waals surface area (Å²) in [6.45, 7) is 23.7. The summed E-state index contributed by atoms with van der Waals surface area (Å²) in [6, 6.07) is 9.23. The largest absolute Gasteiger partial charge is 0.394 e. The first-order valence-electron chi connectivity index (χ1n) is 23.3. The van der Waals surface area contributed by atoms with Crippen LogP contribution >= 0.6 is 0 Å². The van der Waals surface area contributed by atoms with Gasteiger partial charge in [-0.1, -0.05) is 78.8 Å². The summed E-state index contributed by atoms with van der Waals surface area (Å²) in [7, 11) is 0. The number of carbonyl (C=O) groups excluding carboxylic acids is 1. The average Bonchev–Trinajstić information content (AvgIpc) is 3.25. The maximum absolute atomic E-state index is 12.2. The Kier molecular flexibility index (Phi) is 17.5. The first-order valence-corrected chi connectivity index (χ1v) is 23.3. The second kappa shape index (κ2) is 21.8. The Hall–Kier alpha value is -1.87. The lowest BCUT2D eigenvalue weighted by Crippen LogP contribution is -2.66. The molecule has 0 saturated carbocycles. The van der Waals surface area contributed by atoms with Crippen LogP contribution in [-0.2, 0) is 58.8 Å². The minimum atomic E-state index is -1.38. The molecule has 0 radical (unpaired) electrons. The van der Waals surface area contributed by atoms with E-state index in [-0.39, 0.29) is 65.6 Å². The number of hydrogen-bond acceptors (Lipinski definition) is 15. The number of hydrogen-bond donors (Lipinski definition) is 5. The molecule has 6 rings (SSSR count). The Morgan fingerprint density at radius 1 is 0.540 bits per heavy atom. The van der Waals surface area contributed by atoms with Crippen LogP contribution in [0.2, 0.25) is 0 Å². The number of ether oxygens (including phenoxy) is 10. The molecule has 0 bridgehead atoms. The first kappa shape index (κ1) is 50.5. The predicted octanol–water partition coefficient (Wildman–Crippen LogP) is 3.52. The zero-order valence-electron chi connectivity index (χ0n) is 39.2. The van der Waals surface area contributed by atoms with Crippen LogP contribution < -0.4 is 5.32 Å². The molecule has 25 atom stereocenters. The molecule has 5 fully saturated rings. The van der Waals surface area contributed by atoms with Gasteiger partial charge in [0.05, 0.1) is 68.6 Å². The number of aliphatic hydroxyl groups excluding tert-OH is 4. The van der Waals surface area contributed by atoms with Crippen LogP contribution in [0.3, 0.4) is 0 Å². The maximum Gasteiger partial charge on any atom is 0.217 e. The number of aliphatic hydroxyl groups is 4. The van der Waals surface area contributed by atoms with Crippen molar-refractivity contribution in [1.29, 1.82) is 0 Å². The van der Waals surface area contributed by atoms with E-state index in [9.17, 15) is 25.2 Å². The molecule has 5 saturated heterocycles. The van der Waals surface area contributed by atoms with Crippen LogP contribution in [0.5, 0.6) is 0 Å². The molecule has 10 unspecified atom stereocenters. The number of carbonyl (C=O) groups is 1. The lowest BCUT2D eigenvalue weighted by atomic mass is 9.79. The lowest BCUT2D eigenvalue weighted by molar-refractivity contribution is -0.381. The van der Waals surface area contributed by atoms with Crippen LogP contribution in [0.15, 0.2) is 30.3 Å². The fourth-order valence-electron chi connectivity index (χ4n) is 9.82. The third kappa shape index (κ3) is 11.3. The zero-order valence-corrected chi connectivity index (χ0v) is 39.2. The van der Waals surface area contributed by atoms with E-state index in [0.717, 1.165) is 5.56 Å². The molecule has 16 nitrogen and oxygen atoms in total. The number of nitrogens with one attached hydrogen (secondary N) is 1. The molecule has 16 heteroatoms. The number of rotatable bonds is 14. The Bertz CT molecular complexity index is 1580. The average molecular weight is 896 g/mol. The minimum absolute atomic E-state index is 0.0224. The van der Waals surface area contributed by atoms with Gasteiger partial charge in [-0.05, 0) is 56.9 Å². The van der Waals surface area contributed by atoms with Crippen molar-refractivity contribution >= 4 is 5.91 Å². The third-order valence-corrected chi connectivity index (χ3v) is 15.2. The molecule has 5 aliphatic heterocycles. The van der Waals surface area contributed by atoms with Crippen molar-refractivity contribution in [2.45, 2.75) is 200 Å². The third-order valence-electron chi connectivity index (χ3n) is 15.2. The summed E-state index contributed by atoms with van der Waals surface area (Å²) >= 11 is 0. The smallest absolute Gasteiger partial charge is 0.217 e. The van der Waals surface area contributed by atoms with E-state index >= 15 is 0 Å². The van der Waals surface area contributed by atoms with E-state index in [0.29, 0.717) is 13.2 Å². The Balaban J connectivity index is 1.17. The maximum atomic E-state index is 12.2. The van der Waals surface area contributed by atoms with Gasteiger partial charge in [0.1, 0.15) is 36.6 Å². The normalized spacial score (nSPS) is 48.4. The van der Waals surface area contributed by atoms with Crippen LogP contribution in [0.1, 0.15) is 88.6 Å². The molecular weight excluding hydrogens is 819 g/mol. The van der Waals surface area contributed by atoms with Crippen molar-refractivity contribution in [2.75, 3.05) is 13.2 Å². The molecule has 5 heterocycles. The highest BCUT2D eigenvalue weighted by atomic mass is 16.8. The van der Waals surface area contributed by atoms with E-state index in [4.69, 9.17) is 47.4 Å². The SMILES string of the molecule is CC(=O)NC1[C@H](C)OC(CO)[C@@H](O)[C@@H]1O[C@@H]1OC(C)[C@H](C)[C@H](O[C@@H]2OC(C)[C@H](C)[C@H](C)C2O[C@@H]2OC(C)[C@H](C)[C@H](O[C@H]3O[C@@H](COCc4ccccc4)[C@@H](C)C(C)C3C)C2O)C1O. The second-order valence-electron chi connectivity index (χ2n) is 19.3. The van der Waals surface area contributed by atoms with Gasteiger partial charge in [-0.3, -0.25) is 4.79 Å². The Morgan fingerprint density at radius 2 is 1.06 bits per heavy atom. The predicted molar refractivity (Wildman–Crippen MR) is 228 cm³/mol. The number of amides is 1. The van der Waals surface area contributed by atoms with E-state index in [1.165, 1.54) is 6.92 Å². The van der Waals surface area contributed by atoms with Crippen molar-refractivity contribution < 1.29 is 72.6 Å². The quantitative estimate of drug-likeness (QED) is 0.182. The van der Waals surface area contributed by atoms with E-state index in [2.05, 4.69) is 33.0 Å². The minimum Gasteiger partial charge on any atom is -0.394 e. The van der Waals surface area contributed by atoms with Crippen LogP contribution in [-0.4, -0.2) is 150 Å². The van der Waals surface area contributed by atoms with Crippen LogP contribution in [0.25, 0.3) is 0 Å². The standard InChI is InChI=1S/C47H77NO15/c1-21-23(3)35(20-54-19-33-16-14-13-15-17-33)59-44(25(21)5)60-40-26(6)29(9)56-45(38(40)52)62-42-24(4)22(2)28(8)58-47(42)61-41-27(7)30(10)57-46(39(41)53)63-43-36(48-32(12)50)31(11)55-34(18-49)37(43)51/h13-17,21-31,34-47,49,51-53H,18-20H2,1-12H3,(H,48,50)/t21?,22-,23+,24+,25?,26+,27+,28?,29?,30?,31+,34?,35+,36?,37-,38?,39?,40+,41+,42?,43-,44-,45+,46+,47+/m1/s1. The van der Waals surface area contributed by atoms with Gasteiger partial charge in [0.25, 0.3) is 0 Å². The molecule has 5 N–H and O–H groups in total. The summed E-state index contributed by atoms with van der Waals surface area (Å²) in [4.78, 5) is 12.2. The molecule has 0 aliphatic carbocycles. The second-order valence-corrected chi connectivity index (χ2v) is 19.3. The summed E-state index contributed by atoms with van der Waals surface area (Å²) in [5.74, 6) is -0.566. The fraction of sp³-hybridized carbons (Fsp3) is 0.851. The van der Waals surface area contributed by atoms with Gasteiger partial charge in [-0.2, -0.15) is 0 Å². The first-order chi connectivity index (χ1) is 29.8. The van der Waals surface area contributed by atoms with Crippen LogP contribution in [0.4, 0.5) is 0 Å². The molecule has 0 aromatic heterocycles. The lowest BCUT2D eigenvalue weighted by Gasteiger charge is -2.51. The van der Waals surface area contributed by atoms with E-state index in [1.54, 1.807) is 6.92 Å². The summed E-state index contributed by atoms with van der Waals surface area (Å²) in [5.41, 5.74) is 1.09. The highest BCUT2D eigenvalue weighted by Crippen LogP contribution is 2.42. The summed E-state index contributed by atoms with van der Waals surface area (Å²) in [5, 5.41) is 48.0. The van der Waals surface area contributed by atoms with Crippen LogP contribution in [0, 0.1) is 41.4 Å². The zero-order chi connectivity index (χ0) is 46.0. The Labute approximate surface area is 373 Å². The molecule has 1 aromatic rings. The highest BCUT2D eigenvalue weighted by molar-refractivity contribution is 5.73. The van der Waals surface area contributed by atoms with Crippen molar-refractivity contribution in [1.82, 2.24) is 5.32 Å². The van der Waals surface area contributed by atoms with Gasteiger partial charge in [-0.25, -0.2) is 0 Å². The molecule has 63 heavy (non-hydrogen) atoms. The van der Waals surface area contributed by atoms with Crippen molar-refractivity contribution in [3.8, 4) is 0 Å². The molecule has 360 valence electrons. The van der Waals surface area contributed by atoms with E-state index in [1.807, 2.05) is 71.9 Å². The fourth-order valence-corrected chi connectivity index (χ4v) is 9.82. The van der Waals surface area contributed by atoms with Crippen molar-refractivity contribution in [3.05, 3.63) is 35.9 Å². The van der Waals surface area contributed by atoms with Gasteiger partial charge in [0, 0.05) is 24.7 Å². The van der Waals surface area contributed by atoms with E-state index < -0.39 is 98.8 Å². The van der Waals surface area contributed by atoms with Gasteiger partial charge in [0.2, 0.25) is 5.91 Å². The van der Waals surface area contributed by atoms with Gasteiger partial charge < -0.3 is 73.1 Å². The monoisotopic (exact) mass is 896 g/mol. The molecule has 1 amide bonds. The van der Waals surface area contributed by atoms with Crippen molar-refractivity contribution in [3.63, 3.8) is 0 Å². The molecule has 5 aliphatic rings. The van der Waals surface area contributed by atoms with Gasteiger partial charge in [-0.15, -0.1) is 0 Å². The molecule has 1 aromatic carbocycles. The summed E-state index contributed by atoms with van der Waals surface area (Å²) in [6.07, 6.45) is -14.3. The molecule has 0 spiro atoms. The highest BCUT2D eigenvalue weighted by Gasteiger charge is 2.54. The van der Waals surface area contributed by atoms with Gasteiger partial charge >= 0.3 is 0 Å². The number of benzene rings is 1. The molecular formula is C47H77NO15.